The highest BCUT2D eigenvalue weighted by Crippen LogP contribution is 2.24. The lowest BCUT2D eigenvalue weighted by atomic mass is 10.1. The van der Waals surface area contributed by atoms with E-state index in [1.165, 1.54) is 0 Å². The molecule has 0 aromatic carbocycles. The molecule has 14 heavy (non-hydrogen) atoms. The zero-order valence-corrected chi connectivity index (χ0v) is 8.92. The van der Waals surface area contributed by atoms with Crippen LogP contribution in [0.5, 0.6) is 0 Å². The molecule has 0 aromatic rings. The Morgan fingerprint density at radius 3 is 2.64 bits per heavy atom. The van der Waals surface area contributed by atoms with Gasteiger partial charge in [-0.1, -0.05) is 0 Å². The van der Waals surface area contributed by atoms with Crippen LogP contribution in [0.15, 0.2) is 0 Å². The maximum atomic E-state index is 11.6. The molecule has 4 nitrogen and oxygen atoms in total. The fourth-order valence-corrected chi connectivity index (χ4v) is 1.70. The van der Waals surface area contributed by atoms with Gasteiger partial charge in [-0.2, -0.15) is 0 Å². The summed E-state index contributed by atoms with van der Waals surface area (Å²) in [5, 5.41) is 12.2. The first kappa shape index (κ1) is 11.5. The Balaban J connectivity index is 2.29. The number of rotatable bonds is 3. The SMILES string of the molecule is CC(C)(O)CNC(=O)C1CCC(N)C1. The molecule has 0 bridgehead atoms. The van der Waals surface area contributed by atoms with Gasteiger partial charge in [0.05, 0.1) is 5.60 Å². The second-order valence-electron chi connectivity index (χ2n) is 4.80. The molecule has 82 valence electrons. The van der Waals surface area contributed by atoms with E-state index in [0.29, 0.717) is 6.54 Å². The van der Waals surface area contributed by atoms with E-state index in [0.717, 1.165) is 19.3 Å². The van der Waals surface area contributed by atoms with Crippen LogP contribution < -0.4 is 11.1 Å². The minimum Gasteiger partial charge on any atom is -0.389 e. The molecule has 2 unspecified atom stereocenters. The smallest absolute Gasteiger partial charge is 0.223 e. The number of amides is 1. The van der Waals surface area contributed by atoms with Crippen LogP contribution in [0.25, 0.3) is 0 Å². The molecular formula is C10H20N2O2. The fraction of sp³-hybridized carbons (Fsp3) is 0.900. The molecule has 1 aliphatic rings. The normalized spacial score (nSPS) is 27.7. The van der Waals surface area contributed by atoms with E-state index in [1.807, 2.05) is 0 Å². The third-order valence-electron chi connectivity index (χ3n) is 2.54. The Kier molecular flexibility index (Phi) is 3.50. The van der Waals surface area contributed by atoms with Crippen LogP contribution in [-0.4, -0.2) is 29.2 Å². The second kappa shape index (κ2) is 4.28. The summed E-state index contributed by atoms with van der Waals surface area (Å²) in [6, 6.07) is 0.174. The summed E-state index contributed by atoms with van der Waals surface area (Å²) < 4.78 is 0. The summed E-state index contributed by atoms with van der Waals surface area (Å²) in [5.74, 6) is 0.0763. The van der Waals surface area contributed by atoms with Gasteiger partial charge < -0.3 is 16.2 Å². The molecule has 1 fully saturated rings. The lowest BCUT2D eigenvalue weighted by molar-refractivity contribution is -0.125. The van der Waals surface area contributed by atoms with E-state index in [9.17, 15) is 9.90 Å². The minimum absolute atomic E-state index is 0.0278. The summed E-state index contributed by atoms with van der Waals surface area (Å²) in [6.07, 6.45) is 2.58. The molecule has 0 aliphatic heterocycles. The molecule has 4 heteroatoms. The third-order valence-corrected chi connectivity index (χ3v) is 2.54. The number of aliphatic hydroxyl groups is 1. The van der Waals surface area contributed by atoms with Crippen molar-refractivity contribution in [2.45, 2.75) is 44.8 Å². The number of hydrogen-bond donors (Lipinski definition) is 3. The van der Waals surface area contributed by atoms with Crippen molar-refractivity contribution in [3.05, 3.63) is 0 Å². The van der Waals surface area contributed by atoms with E-state index in [1.54, 1.807) is 13.8 Å². The monoisotopic (exact) mass is 200 g/mol. The summed E-state index contributed by atoms with van der Waals surface area (Å²) in [7, 11) is 0. The molecule has 1 saturated carbocycles. The van der Waals surface area contributed by atoms with Crippen molar-refractivity contribution >= 4 is 5.91 Å². The van der Waals surface area contributed by atoms with Gasteiger partial charge >= 0.3 is 0 Å². The summed E-state index contributed by atoms with van der Waals surface area (Å²) in [4.78, 5) is 11.6. The summed E-state index contributed by atoms with van der Waals surface area (Å²) in [6.45, 7) is 3.65. The Morgan fingerprint density at radius 1 is 1.57 bits per heavy atom. The predicted octanol–water partition coefficient (Wildman–Crippen LogP) is 0.000900. The van der Waals surface area contributed by atoms with Crippen LogP contribution >= 0.6 is 0 Å². The summed E-state index contributed by atoms with van der Waals surface area (Å²) in [5.41, 5.74) is 4.88. The van der Waals surface area contributed by atoms with Crippen molar-refractivity contribution in [1.82, 2.24) is 5.32 Å². The topological polar surface area (TPSA) is 75.3 Å². The van der Waals surface area contributed by atoms with E-state index < -0.39 is 5.60 Å². The molecule has 1 aliphatic carbocycles. The number of nitrogens with two attached hydrogens (primary N) is 1. The van der Waals surface area contributed by atoms with E-state index in [4.69, 9.17) is 5.73 Å². The number of carbonyl (C=O) groups excluding carboxylic acids is 1. The Labute approximate surface area is 84.9 Å². The molecule has 0 aromatic heterocycles. The van der Waals surface area contributed by atoms with Crippen LogP contribution in [0.4, 0.5) is 0 Å². The van der Waals surface area contributed by atoms with Gasteiger partial charge in [-0.25, -0.2) is 0 Å². The van der Waals surface area contributed by atoms with Gasteiger partial charge in [0.1, 0.15) is 0 Å². The number of hydrogen-bond acceptors (Lipinski definition) is 3. The van der Waals surface area contributed by atoms with Crippen molar-refractivity contribution in [2.75, 3.05) is 6.54 Å². The quantitative estimate of drug-likeness (QED) is 0.600. The first-order valence-electron chi connectivity index (χ1n) is 5.14. The van der Waals surface area contributed by atoms with Gasteiger partial charge in [0.25, 0.3) is 0 Å². The molecule has 0 spiro atoms. The molecule has 1 rings (SSSR count). The van der Waals surface area contributed by atoms with E-state index in [2.05, 4.69) is 5.32 Å². The Hall–Kier alpha value is -0.610. The first-order chi connectivity index (χ1) is 6.38. The largest absolute Gasteiger partial charge is 0.389 e. The van der Waals surface area contributed by atoms with Crippen LogP contribution in [0.3, 0.4) is 0 Å². The molecule has 0 radical (unpaired) electrons. The minimum atomic E-state index is -0.837. The predicted molar refractivity (Wildman–Crippen MR) is 54.6 cm³/mol. The molecule has 4 N–H and O–H groups in total. The lowest BCUT2D eigenvalue weighted by Crippen LogP contribution is -2.40. The Morgan fingerprint density at radius 2 is 2.21 bits per heavy atom. The third kappa shape index (κ3) is 3.64. The van der Waals surface area contributed by atoms with Crippen LogP contribution in [0.2, 0.25) is 0 Å². The lowest BCUT2D eigenvalue weighted by Gasteiger charge is -2.19. The van der Waals surface area contributed by atoms with Crippen molar-refractivity contribution in [3.63, 3.8) is 0 Å². The molecule has 2 atom stereocenters. The van der Waals surface area contributed by atoms with Gasteiger partial charge in [0, 0.05) is 18.5 Å². The van der Waals surface area contributed by atoms with Gasteiger partial charge in [0.15, 0.2) is 0 Å². The second-order valence-corrected chi connectivity index (χ2v) is 4.80. The molecular weight excluding hydrogens is 180 g/mol. The maximum Gasteiger partial charge on any atom is 0.223 e. The molecule has 0 heterocycles. The van der Waals surface area contributed by atoms with Crippen molar-refractivity contribution in [2.24, 2.45) is 11.7 Å². The van der Waals surface area contributed by atoms with Crippen LogP contribution in [0.1, 0.15) is 33.1 Å². The molecule has 0 saturated heterocycles. The first-order valence-corrected chi connectivity index (χ1v) is 5.14. The highest BCUT2D eigenvalue weighted by molar-refractivity contribution is 5.79. The van der Waals surface area contributed by atoms with Gasteiger partial charge in [-0.3, -0.25) is 4.79 Å². The van der Waals surface area contributed by atoms with Crippen molar-refractivity contribution in [3.8, 4) is 0 Å². The summed E-state index contributed by atoms with van der Waals surface area (Å²) >= 11 is 0. The van der Waals surface area contributed by atoms with Gasteiger partial charge in [0.2, 0.25) is 5.91 Å². The van der Waals surface area contributed by atoms with E-state index >= 15 is 0 Å². The van der Waals surface area contributed by atoms with Crippen molar-refractivity contribution in [1.29, 1.82) is 0 Å². The van der Waals surface area contributed by atoms with Crippen molar-refractivity contribution < 1.29 is 9.90 Å². The van der Waals surface area contributed by atoms with Gasteiger partial charge in [-0.05, 0) is 33.1 Å². The average Bonchev–Trinajstić information content (AvgIpc) is 2.46. The highest BCUT2D eigenvalue weighted by Gasteiger charge is 2.28. The van der Waals surface area contributed by atoms with Crippen LogP contribution in [0, 0.1) is 5.92 Å². The maximum absolute atomic E-state index is 11.6. The zero-order chi connectivity index (χ0) is 10.8. The zero-order valence-electron chi connectivity index (χ0n) is 8.92. The Bertz CT molecular complexity index is 211. The van der Waals surface area contributed by atoms with Gasteiger partial charge in [-0.15, -0.1) is 0 Å². The molecule has 1 amide bonds. The fourth-order valence-electron chi connectivity index (χ4n) is 1.70. The number of carbonyl (C=O) groups is 1. The average molecular weight is 200 g/mol. The van der Waals surface area contributed by atoms with E-state index in [-0.39, 0.29) is 17.9 Å². The highest BCUT2D eigenvalue weighted by atomic mass is 16.3. The number of nitrogens with one attached hydrogen (secondary N) is 1. The standard InChI is InChI=1S/C10H20N2O2/c1-10(2,14)6-12-9(13)7-3-4-8(11)5-7/h7-8,14H,3-6,11H2,1-2H3,(H,12,13). The van der Waals surface area contributed by atoms with Crippen LogP contribution in [-0.2, 0) is 4.79 Å².